The lowest BCUT2D eigenvalue weighted by atomic mass is 10.3. The van der Waals surface area contributed by atoms with E-state index in [-0.39, 0.29) is 5.97 Å². The van der Waals surface area contributed by atoms with E-state index in [2.05, 4.69) is 32.3 Å². The highest BCUT2D eigenvalue weighted by atomic mass is 127. The second-order valence-electron chi connectivity index (χ2n) is 4.08. The Hall–Kier alpha value is -0.820. The second-order valence-corrected chi connectivity index (χ2v) is 5.70. The molecule has 0 saturated heterocycles. The van der Waals surface area contributed by atoms with Crippen LogP contribution in [0.3, 0.4) is 0 Å². The summed E-state index contributed by atoms with van der Waals surface area (Å²) in [5, 5.41) is 0. The highest BCUT2D eigenvalue weighted by Crippen LogP contribution is 2.20. The molecule has 0 N–H and O–H groups in total. The molecule has 1 aromatic heterocycles. The molecule has 0 bridgehead atoms. The van der Waals surface area contributed by atoms with Crippen molar-refractivity contribution in [1.82, 2.24) is 9.55 Å². The second kappa shape index (κ2) is 6.56. The van der Waals surface area contributed by atoms with Crippen molar-refractivity contribution >= 4 is 51.2 Å². The van der Waals surface area contributed by atoms with Crippen LogP contribution < -0.4 is 0 Å². The predicted octanol–water partition coefficient (Wildman–Crippen LogP) is 2.99. The fourth-order valence-corrected chi connectivity index (χ4v) is 2.63. The van der Waals surface area contributed by atoms with Gasteiger partial charge in [0.25, 0.3) is 0 Å². The van der Waals surface area contributed by atoms with Gasteiger partial charge in [-0.15, -0.1) is 11.6 Å². The van der Waals surface area contributed by atoms with Crippen LogP contribution >= 0.6 is 34.2 Å². The van der Waals surface area contributed by atoms with Gasteiger partial charge in [-0.2, -0.15) is 0 Å². The molecule has 1 heterocycles. The summed E-state index contributed by atoms with van der Waals surface area (Å²) in [5.41, 5.74) is 1.97. The van der Waals surface area contributed by atoms with E-state index >= 15 is 0 Å². The van der Waals surface area contributed by atoms with E-state index in [4.69, 9.17) is 11.6 Å². The SMILES string of the molecule is COC(=O)CCn1c(CCCl)nc2cc(I)ccc21. The highest BCUT2D eigenvalue weighted by Gasteiger charge is 2.12. The van der Waals surface area contributed by atoms with Crippen LogP contribution in [-0.2, 0) is 22.5 Å². The van der Waals surface area contributed by atoms with Crippen molar-refractivity contribution < 1.29 is 9.53 Å². The number of aryl methyl sites for hydroxylation is 2. The van der Waals surface area contributed by atoms with Gasteiger partial charge in [0.1, 0.15) is 5.82 Å². The van der Waals surface area contributed by atoms with Gasteiger partial charge >= 0.3 is 5.97 Å². The molecule has 0 radical (unpaired) electrons. The summed E-state index contributed by atoms with van der Waals surface area (Å²) >= 11 is 8.07. The molecule has 0 amide bonds. The van der Waals surface area contributed by atoms with Gasteiger partial charge < -0.3 is 9.30 Å². The van der Waals surface area contributed by atoms with Gasteiger partial charge in [-0.3, -0.25) is 4.79 Å². The zero-order valence-corrected chi connectivity index (χ0v) is 13.4. The van der Waals surface area contributed by atoms with Gasteiger partial charge in [0, 0.05) is 22.4 Å². The molecule has 1 aromatic carbocycles. The van der Waals surface area contributed by atoms with Crippen LogP contribution in [0.15, 0.2) is 18.2 Å². The molecule has 0 fully saturated rings. The number of carbonyl (C=O) groups excluding carboxylic acids is 1. The van der Waals surface area contributed by atoms with E-state index in [9.17, 15) is 4.79 Å². The Morgan fingerprint density at radius 3 is 3.00 bits per heavy atom. The molecule has 0 aliphatic carbocycles. The molecule has 0 atom stereocenters. The number of methoxy groups -OCH3 is 1. The van der Waals surface area contributed by atoms with Crippen molar-refractivity contribution in [2.24, 2.45) is 0 Å². The van der Waals surface area contributed by atoms with Crippen LogP contribution in [0, 0.1) is 3.57 Å². The molecule has 19 heavy (non-hydrogen) atoms. The maximum atomic E-state index is 11.3. The Labute approximate surface area is 130 Å². The number of imidazole rings is 1. The van der Waals surface area contributed by atoms with Crippen molar-refractivity contribution in [2.75, 3.05) is 13.0 Å². The number of halogens is 2. The van der Waals surface area contributed by atoms with E-state index in [1.165, 1.54) is 7.11 Å². The molecule has 0 aliphatic rings. The van der Waals surface area contributed by atoms with Crippen molar-refractivity contribution in [3.05, 3.63) is 27.6 Å². The fraction of sp³-hybridized carbons (Fsp3) is 0.385. The Morgan fingerprint density at radius 1 is 1.53 bits per heavy atom. The van der Waals surface area contributed by atoms with Crippen LogP contribution in [0.1, 0.15) is 12.2 Å². The monoisotopic (exact) mass is 392 g/mol. The summed E-state index contributed by atoms with van der Waals surface area (Å²) in [6, 6.07) is 6.09. The Bertz CT molecular complexity index is 598. The van der Waals surface area contributed by atoms with E-state index in [1.54, 1.807) is 0 Å². The Balaban J connectivity index is 2.37. The number of ether oxygens (including phenoxy) is 1. The average Bonchev–Trinajstić information content (AvgIpc) is 2.73. The largest absolute Gasteiger partial charge is 0.469 e. The number of hydrogen-bond donors (Lipinski definition) is 0. The standard InChI is InChI=1S/C13H14ClIN2O2/c1-19-13(18)5-7-17-11-3-2-9(15)8-10(11)16-12(17)4-6-14/h2-3,8H,4-7H2,1H3. The lowest BCUT2D eigenvalue weighted by Gasteiger charge is -2.07. The first kappa shape index (κ1) is 14.6. The molecular weight excluding hydrogens is 379 g/mol. The molecule has 2 rings (SSSR count). The summed E-state index contributed by atoms with van der Waals surface area (Å²) in [7, 11) is 1.40. The van der Waals surface area contributed by atoms with Crippen LogP contribution in [0.5, 0.6) is 0 Å². The van der Waals surface area contributed by atoms with Gasteiger partial charge in [-0.05, 0) is 40.8 Å². The predicted molar refractivity (Wildman–Crippen MR) is 83.5 cm³/mol. The first-order valence-corrected chi connectivity index (χ1v) is 7.54. The van der Waals surface area contributed by atoms with Crippen molar-refractivity contribution in [3.63, 3.8) is 0 Å². The number of esters is 1. The number of nitrogens with zero attached hydrogens (tertiary/aromatic N) is 2. The van der Waals surface area contributed by atoms with E-state index in [1.807, 2.05) is 22.8 Å². The third-order valence-electron chi connectivity index (χ3n) is 2.87. The smallest absolute Gasteiger partial charge is 0.307 e. The number of carbonyl (C=O) groups is 1. The third-order valence-corrected chi connectivity index (χ3v) is 3.73. The van der Waals surface area contributed by atoms with Crippen LogP contribution in [-0.4, -0.2) is 28.5 Å². The number of fused-ring (bicyclic) bond motifs is 1. The summed E-state index contributed by atoms with van der Waals surface area (Å²) < 4.78 is 7.86. The Morgan fingerprint density at radius 2 is 2.32 bits per heavy atom. The topological polar surface area (TPSA) is 44.1 Å². The van der Waals surface area contributed by atoms with Crippen LogP contribution in [0.4, 0.5) is 0 Å². The minimum atomic E-state index is -0.218. The zero-order valence-electron chi connectivity index (χ0n) is 10.5. The van der Waals surface area contributed by atoms with Crippen molar-refractivity contribution in [1.29, 1.82) is 0 Å². The number of benzene rings is 1. The van der Waals surface area contributed by atoms with Gasteiger partial charge in [-0.25, -0.2) is 4.98 Å². The number of alkyl halides is 1. The van der Waals surface area contributed by atoms with Crippen molar-refractivity contribution in [2.45, 2.75) is 19.4 Å². The van der Waals surface area contributed by atoms with Crippen molar-refractivity contribution in [3.8, 4) is 0 Å². The Kier molecular flexibility index (Phi) is 5.04. The average molecular weight is 393 g/mol. The van der Waals surface area contributed by atoms with E-state index in [0.29, 0.717) is 25.3 Å². The zero-order chi connectivity index (χ0) is 13.8. The lowest BCUT2D eigenvalue weighted by molar-refractivity contribution is -0.140. The molecule has 102 valence electrons. The van der Waals surface area contributed by atoms with Gasteiger partial charge in [0.05, 0.1) is 24.6 Å². The first-order chi connectivity index (χ1) is 9.15. The minimum Gasteiger partial charge on any atom is -0.469 e. The third kappa shape index (κ3) is 3.39. The maximum Gasteiger partial charge on any atom is 0.307 e. The molecule has 6 heteroatoms. The highest BCUT2D eigenvalue weighted by molar-refractivity contribution is 14.1. The molecule has 2 aromatic rings. The number of aromatic nitrogens is 2. The van der Waals surface area contributed by atoms with Gasteiger partial charge in [0.2, 0.25) is 0 Å². The van der Waals surface area contributed by atoms with Gasteiger partial charge in [-0.1, -0.05) is 0 Å². The number of rotatable bonds is 5. The number of hydrogen-bond acceptors (Lipinski definition) is 3. The van der Waals surface area contributed by atoms with E-state index in [0.717, 1.165) is 20.4 Å². The summed E-state index contributed by atoms with van der Waals surface area (Å²) in [6.07, 6.45) is 1.03. The van der Waals surface area contributed by atoms with Crippen LogP contribution in [0.2, 0.25) is 0 Å². The molecule has 4 nitrogen and oxygen atoms in total. The quantitative estimate of drug-likeness (QED) is 0.446. The van der Waals surface area contributed by atoms with Crippen LogP contribution in [0.25, 0.3) is 11.0 Å². The molecule has 0 saturated carbocycles. The first-order valence-electron chi connectivity index (χ1n) is 5.93. The summed E-state index contributed by atoms with van der Waals surface area (Å²) in [4.78, 5) is 15.9. The molecule has 0 aliphatic heterocycles. The minimum absolute atomic E-state index is 0.218. The summed E-state index contributed by atoms with van der Waals surface area (Å²) in [6.45, 7) is 0.565. The molecule has 0 unspecified atom stereocenters. The van der Waals surface area contributed by atoms with Gasteiger partial charge in [0.15, 0.2) is 0 Å². The lowest BCUT2D eigenvalue weighted by Crippen LogP contribution is -2.10. The summed E-state index contributed by atoms with van der Waals surface area (Å²) in [5.74, 6) is 1.21. The molecule has 0 spiro atoms. The maximum absolute atomic E-state index is 11.3. The fourth-order valence-electron chi connectivity index (χ4n) is 1.98. The molecular formula is C13H14ClIN2O2. The van der Waals surface area contributed by atoms with E-state index < -0.39 is 0 Å². The normalized spacial score (nSPS) is 10.9.